The lowest BCUT2D eigenvalue weighted by atomic mass is 9.96. The van der Waals surface area contributed by atoms with Gasteiger partial charge in [-0.25, -0.2) is 8.78 Å². The second-order valence-corrected chi connectivity index (χ2v) is 4.09. The molecule has 1 aliphatic carbocycles. The fraction of sp³-hybridized carbons (Fsp3) is 1.00. The molecule has 1 atom stereocenters. The molecule has 2 heteroatoms. The highest BCUT2D eigenvalue weighted by Crippen LogP contribution is 2.41. The van der Waals surface area contributed by atoms with Gasteiger partial charge in [0.1, 0.15) is 0 Å². The molecule has 0 aromatic carbocycles. The summed E-state index contributed by atoms with van der Waals surface area (Å²) in [7, 11) is 0. The first-order chi connectivity index (χ1) is 4.99. The molecule has 0 aromatic rings. The molecule has 0 heterocycles. The predicted octanol–water partition coefficient (Wildman–Crippen LogP) is 3.47. The highest BCUT2D eigenvalue weighted by Gasteiger charge is 2.39. The van der Waals surface area contributed by atoms with Crippen molar-refractivity contribution >= 4 is 0 Å². The molecule has 0 aliphatic heterocycles. The van der Waals surface area contributed by atoms with Crippen LogP contribution in [0.2, 0.25) is 0 Å². The molecule has 0 bridgehead atoms. The zero-order valence-electron chi connectivity index (χ0n) is 7.24. The van der Waals surface area contributed by atoms with E-state index in [1.165, 1.54) is 0 Å². The van der Waals surface area contributed by atoms with Gasteiger partial charge in [-0.2, -0.15) is 0 Å². The third-order valence-corrected chi connectivity index (χ3v) is 2.31. The Labute approximate surface area is 67.0 Å². The molecular weight excluding hydrogens is 146 g/mol. The largest absolute Gasteiger partial charge is 0.248 e. The van der Waals surface area contributed by atoms with Crippen LogP contribution in [0.25, 0.3) is 0 Å². The van der Waals surface area contributed by atoms with E-state index in [4.69, 9.17) is 0 Å². The Kier molecular flexibility index (Phi) is 2.50. The van der Waals surface area contributed by atoms with Crippen LogP contribution in [0.5, 0.6) is 0 Å². The molecule has 1 aliphatic rings. The Morgan fingerprint density at radius 2 is 2.09 bits per heavy atom. The topological polar surface area (TPSA) is 0 Å². The van der Waals surface area contributed by atoms with E-state index in [9.17, 15) is 8.78 Å². The van der Waals surface area contributed by atoms with Crippen molar-refractivity contribution in [2.45, 2.75) is 45.5 Å². The summed E-state index contributed by atoms with van der Waals surface area (Å²) in [6, 6.07) is 0. The zero-order valence-corrected chi connectivity index (χ0v) is 7.24. The van der Waals surface area contributed by atoms with Crippen LogP contribution in [0.15, 0.2) is 0 Å². The van der Waals surface area contributed by atoms with Gasteiger partial charge in [-0.15, -0.1) is 0 Å². The highest BCUT2D eigenvalue weighted by molar-refractivity contribution is 4.81. The molecule has 0 spiro atoms. The van der Waals surface area contributed by atoms with Crippen LogP contribution < -0.4 is 0 Å². The molecule has 0 aromatic heterocycles. The molecule has 1 rings (SSSR count). The summed E-state index contributed by atoms with van der Waals surface area (Å²) in [4.78, 5) is 0. The molecule has 0 N–H and O–H groups in total. The SMILES string of the molecule is CC(C)CC1CCC(F)(F)C1. The summed E-state index contributed by atoms with van der Waals surface area (Å²) in [5.74, 6) is -1.50. The molecule has 0 nitrogen and oxygen atoms in total. The predicted molar refractivity (Wildman–Crippen MR) is 41.7 cm³/mol. The standard InChI is InChI=1S/C9H16F2/c1-7(2)5-8-3-4-9(10,11)6-8/h7-8H,3-6H2,1-2H3. The number of halogens is 2. The van der Waals surface area contributed by atoms with Gasteiger partial charge < -0.3 is 0 Å². The minimum atomic E-state index is -2.35. The summed E-state index contributed by atoms with van der Waals surface area (Å²) in [6.45, 7) is 4.19. The summed E-state index contributed by atoms with van der Waals surface area (Å²) < 4.78 is 25.3. The second-order valence-electron chi connectivity index (χ2n) is 4.09. The van der Waals surface area contributed by atoms with Gasteiger partial charge >= 0.3 is 0 Å². The molecule has 1 fully saturated rings. The fourth-order valence-corrected chi connectivity index (χ4v) is 1.91. The maximum absolute atomic E-state index is 12.6. The lowest BCUT2D eigenvalue weighted by Crippen LogP contribution is -2.10. The smallest absolute Gasteiger partial charge is 0.207 e. The van der Waals surface area contributed by atoms with Crippen LogP contribution in [0, 0.1) is 11.8 Å². The van der Waals surface area contributed by atoms with Crippen LogP contribution in [-0.2, 0) is 0 Å². The quantitative estimate of drug-likeness (QED) is 0.583. The van der Waals surface area contributed by atoms with Gasteiger partial charge in [-0.05, 0) is 24.7 Å². The van der Waals surface area contributed by atoms with Crippen molar-refractivity contribution in [1.82, 2.24) is 0 Å². The Morgan fingerprint density at radius 1 is 1.45 bits per heavy atom. The molecule has 66 valence electrons. The Balaban J connectivity index is 2.31. The average Bonchev–Trinajstić information content (AvgIpc) is 2.08. The van der Waals surface area contributed by atoms with Crippen molar-refractivity contribution in [2.75, 3.05) is 0 Å². The van der Waals surface area contributed by atoms with Crippen LogP contribution >= 0.6 is 0 Å². The van der Waals surface area contributed by atoms with Gasteiger partial charge in [0.15, 0.2) is 0 Å². The second kappa shape index (κ2) is 3.08. The zero-order chi connectivity index (χ0) is 8.48. The highest BCUT2D eigenvalue weighted by atomic mass is 19.3. The van der Waals surface area contributed by atoms with E-state index in [1.807, 2.05) is 0 Å². The van der Waals surface area contributed by atoms with Gasteiger partial charge in [0, 0.05) is 12.8 Å². The van der Waals surface area contributed by atoms with Crippen molar-refractivity contribution in [1.29, 1.82) is 0 Å². The van der Waals surface area contributed by atoms with Crippen LogP contribution in [0.1, 0.15) is 39.5 Å². The van der Waals surface area contributed by atoms with E-state index in [0.717, 1.165) is 12.8 Å². The monoisotopic (exact) mass is 162 g/mol. The van der Waals surface area contributed by atoms with Crippen LogP contribution in [-0.4, -0.2) is 5.92 Å². The number of hydrogen-bond donors (Lipinski definition) is 0. The molecule has 0 saturated heterocycles. The number of alkyl halides is 2. The molecule has 1 saturated carbocycles. The lowest BCUT2D eigenvalue weighted by Gasteiger charge is -2.12. The van der Waals surface area contributed by atoms with Gasteiger partial charge in [-0.3, -0.25) is 0 Å². The van der Waals surface area contributed by atoms with E-state index < -0.39 is 5.92 Å². The van der Waals surface area contributed by atoms with Gasteiger partial charge in [0.05, 0.1) is 0 Å². The van der Waals surface area contributed by atoms with Crippen molar-refractivity contribution in [3.8, 4) is 0 Å². The van der Waals surface area contributed by atoms with E-state index in [1.54, 1.807) is 0 Å². The van der Waals surface area contributed by atoms with Crippen molar-refractivity contribution in [3.63, 3.8) is 0 Å². The summed E-state index contributed by atoms with van der Waals surface area (Å²) in [5.41, 5.74) is 0. The minimum Gasteiger partial charge on any atom is -0.207 e. The molecular formula is C9H16F2. The van der Waals surface area contributed by atoms with Crippen molar-refractivity contribution < 1.29 is 8.78 Å². The van der Waals surface area contributed by atoms with Crippen molar-refractivity contribution in [2.24, 2.45) is 11.8 Å². The molecule has 0 radical (unpaired) electrons. The number of rotatable bonds is 2. The first-order valence-electron chi connectivity index (χ1n) is 4.37. The Hall–Kier alpha value is -0.140. The molecule has 11 heavy (non-hydrogen) atoms. The van der Waals surface area contributed by atoms with E-state index in [-0.39, 0.29) is 18.8 Å². The van der Waals surface area contributed by atoms with E-state index >= 15 is 0 Å². The van der Waals surface area contributed by atoms with Crippen LogP contribution in [0.4, 0.5) is 8.78 Å². The first-order valence-corrected chi connectivity index (χ1v) is 4.37. The van der Waals surface area contributed by atoms with E-state index in [2.05, 4.69) is 13.8 Å². The van der Waals surface area contributed by atoms with E-state index in [0.29, 0.717) is 5.92 Å². The summed E-state index contributed by atoms with van der Waals surface area (Å²) in [6.07, 6.45) is 1.94. The summed E-state index contributed by atoms with van der Waals surface area (Å²) >= 11 is 0. The average molecular weight is 162 g/mol. The maximum Gasteiger partial charge on any atom is 0.248 e. The third kappa shape index (κ3) is 2.76. The lowest BCUT2D eigenvalue weighted by molar-refractivity contribution is 0.00426. The normalized spacial score (nSPS) is 29.7. The number of hydrogen-bond acceptors (Lipinski definition) is 0. The molecule has 0 amide bonds. The van der Waals surface area contributed by atoms with Crippen molar-refractivity contribution in [3.05, 3.63) is 0 Å². The van der Waals surface area contributed by atoms with Gasteiger partial charge in [-0.1, -0.05) is 13.8 Å². The minimum absolute atomic E-state index is 0.115. The fourth-order valence-electron chi connectivity index (χ4n) is 1.91. The Morgan fingerprint density at radius 3 is 2.45 bits per heavy atom. The van der Waals surface area contributed by atoms with Crippen LogP contribution in [0.3, 0.4) is 0 Å². The summed E-state index contributed by atoms with van der Waals surface area (Å²) in [5, 5.41) is 0. The first kappa shape index (κ1) is 8.95. The maximum atomic E-state index is 12.6. The molecule has 1 unspecified atom stereocenters. The van der Waals surface area contributed by atoms with Gasteiger partial charge in [0.2, 0.25) is 5.92 Å². The van der Waals surface area contributed by atoms with Gasteiger partial charge in [0.25, 0.3) is 0 Å². The third-order valence-electron chi connectivity index (χ3n) is 2.31. The Bertz CT molecular complexity index is 130.